The normalized spacial score (nSPS) is 10.6. The van der Waals surface area contributed by atoms with Crippen LogP contribution in [0.25, 0.3) is 0 Å². The van der Waals surface area contributed by atoms with Crippen molar-refractivity contribution >= 4 is 17.2 Å². The van der Waals surface area contributed by atoms with Crippen LogP contribution in [-0.2, 0) is 17.9 Å². The first-order chi connectivity index (χ1) is 12.1. The van der Waals surface area contributed by atoms with Gasteiger partial charge < -0.3 is 19.5 Å². The molecular formula is C18H24N2O4S. The van der Waals surface area contributed by atoms with Crippen LogP contribution in [0.3, 0.4) is 0 Å². The maximum atomic E-state index is 12.2. The molecule has 0 atom stereocenters. The van der Waals surface area contributed by atoms with E-state index < -0.39 is 0 Å². The van der Waals surface area contributed by atoms with Crippen molar-refractivity contribution in [3.63, 3.8) is 0 Å². The van der Waals surface area contributed by atoms with Crippen molar-refractivity contribution in [1.82, 2.24) is 10.2 Å². The molecule has 0 unspecified atom stereocenters. The Kier molecular flexibility index (Phi) is 7.09. The number of thiophene rings is 1. The fraction of sp³-hybridized carbons (Fsp3) is 0.389. The maximum absolute atomic E-state index is 12.2. The average Bonchev–Trinajstić information content (AvgIpc) is 3.11. The topological polar surface area (TPSA) is 60.0 Å². The standard InChI is InChI=1S/C18H24N2O4S/c1-20(11-14-6-5-7-25-14)12-17(21)19-10-13-8-15(22-2)18(24-4)16(9-13)23-3/h5-9H,10-12H2,1-4H3,(H,19,21). The van der Waals surface area contributed by atoms with Gasteiger partial charge in [0.2, 0.25) is 11.7 Å². The molecule has 1 heterocycles. The minimum Gasteiger partial charge on any atom is -0.493 e. The number of carbonyl (C=O) groups excluding carboxylic acids is 1. The molecule has 0 saturated carbocycles. The second kappa shape index (κ2) is 9.29. The zero-order chi connectivity index (χ0) is 18.2. The lowest BCUT2D eigenvalue weighted by Crippen LogP contribution is -2.34. The van der Waals surface area contributed by atoms with Crippen LogP contribution < -0.4 is 19.5 Å². The molecule has 0 saturated heterocycles. The molecule has 1 amide bonds. The highest BCUT2D eigenvalue weighted by Crippen LogP contribution is 2.38. The molecular weight excluding hydrogens is 340 g/mol. The smallest absolute Gasteiger partial charge is 0.234 e. The molecule has 0 aliphatic carbocycles. The number of amides is 1. The van der Waals surface area contributed by atoms with E-state index in [1.54, 1.807) is 32.7 Å². The number of methoxy groups -OCH3 is 3. The molecule has 7 heteroatoms. The van der Waals surface area contributed by atoms with Crippen LogP contribution in [0.5, 0.6) is 17.2 Å². The summed E-state index contributed by atoms with van der Waals surface area (Å²) in [5.41, 5.74) is 0.878. The van der Waals surface area contributed by atoms with Crippen molar-refractivity contribution in [2.45, 2.75) is 13.1 Å². The largest absolute Gasteiger partial charge is 0.493 e. The van der Waals surface area contributed by atoms with E-state index in [-0.39, 0.29) is 5.91 Å². The van der Waals surface area contributed by atoms with Gasteiger partial charge in [0.25, 0.3) is 0 Å². The molecule has 25 heavy (non-hydrogen) atoms. The van der Waals surface area contributed by atoms with Crippen molar-refractivity contribution in [2.24, 2.45) is 0 Å². The zero-order valence-corrected chi connectivity index (χ0v) is 15.8. The quantitative estimate of drug-likeness (QED) is 0.741. The van der Waals surface area contributed by atoms with Gasteiger partial charge in [-0.1, -0.05) is 6.07 Å². The Morgan fingerprint density at radius 3 is 2.36 bits per heavy atom. The van der Waals surface area contributed by atoms with Crippen molar-refractivity contribution in [3.8, 4) is 17.2 Å². The Labute approximate surface area is 152 Å². The molecule has 1 aromatic carbocycles. The van der Waals surface area contributed by atoms with E-state index in [9.17, 15) is 4.79 Å². The first-order valence-electron chi connectivity index (χ1n) is 7.83. The lowest BCUT2D eigenvalue weighted by atomic mass is 10.1. The highest BCUT2D eigenvalue weighted by molar-refractivity contribution is 7.09. The second-order valence-corrected chi connectivity index (χ2v) is 6.59. The number of nitrogens with one attached hydrogen (secondary N) is 1. The monoisotopic (exact) mass is 364 g/mol. The van der Waals surface area contributed by atoms with Crippen molar-refractivity contribution < 1.29 is 19.0 Å². The fourth-order valence-corrected chi connectivity index (χ4v) is 3.25. The Balaban J connectivity index is 1.92. The molecule has 2 rings (SSSR count). The summed E-state index contributed by atoms with van der Waals surface area (Å²) in [5, 5.41) is 4.96. The van der Waals surface area contributed by atoms with Crippen LogP contribution in [-0.4, -0.2) is 45.7 Å². The lowest BCUT2D eigenvalue weighted by Gasteiger charge is -2.16. The van der Waals surface area contributed by atoms with Crippen molar-refractivity contribution in [3.05, 3.63) is 40.1 Å². The van der Waals surface area contributed by atoms with Crippen LogP contribution in [0.15, 0.2) is 29.6 Å². The Morgan fingerprint density at radius 1 is 1.16 bits per heavy atom. The number of ether oxygens (including phenoxy) is 3. The van der Waals surface area contributed by atoms with Crippen molar-refractivity contribution in [1.29, 1.82) is 0 Å². The molecule has 0 bridgehead atoms. The van der Waals surface area contributed by atoms with E-state index in [1.165, 1.54) is 4.88 Å². The number of hydrogen-bond donors (Lipinski definition) is 1. The van der Waals surface area contributed by atoms with Gasteiger partial charge in [0.05, 0.1) is 27.9 Å². The van der Waals surface area contributed by atoms with Gasteiger partial charge in [-0.2, -0.15) is 0 Å². The maximum Gasteiger partial charge on any atom is 0.234 e. The Hall–Kier alpha value is -2.25. The van der Waals surface area contributed by atoms with Gasteiger partial charge in [-0.3, -0.25) is 9.69 Å². The highest BCUT2D eigenvalue weighted by atomic mass is 32.1. The van der Waals surface area contributed by atoms with E-state index in [4.69, 9.17) is 14.2 Å². The summed E-state index contributed by atoms with van der Waals surface area (Å²) in [7, 11) is 6.63. The van der Waals surface area contributed by atoms with Crippen LogP contribution in [0.1, 0.15) is 10.4 Å². The SMILES string of the molecule is COc1cc(CNC(=O)CN(C)Cc2cccs2)cc(OC)c1OC. The summed E-state index contributed by atoms with van der Waals surface area (Å²) in [6.07, 6.45) is 0. The predicted molar refractivity (Wildman–Crippen MR) is 98.6 cm³/mol. The van der Waals surface area contributed by atoms with E-state index in [1.807, 2.05) is 35.5 Å². The third-order valence-corrected chi connectivity index (χ3v) is 4.49. The molecule has 2 aromatic rings. The lowest BCUT2D eigenvalue weighted by molar-refractivity contribution is -0.122. The first kappa shape index (κ1) is 19.1. The van der Waals surface area contributed by atoms with Crippen LogP contribution in [0, 0.1) is 0 Å². The number of rotatable bonds is 9. The van der Waals surface area contributed by atoms with Gasteiger partial charge in [-0.15, -0.1) is 11.3 Å². The molecule has 0 radical (unpaired) electrons. The van der Waals surface area contributed by atoms with Gasteiger partial charge in [0.1, 0.15) is 0 Å². The van der Waals surface area contributed by atoms with Gasteiger partial charge in [-0.05, 0) is 36.2 Å². The summed E-state index contributed by atoms with van der Waals surface area (Å²) in [6, 6.07) is 7.74. The van der Waals surface area contributed by atoms with E-state index in [0.717, 1.165) is 12.1 Å². The number of hydrogen-bond acceptors (Lipinski definition) is 6. The van der Waals surface area contributed by atoms with Gasteiger partial charge in [0.15, 0.2) is 11.5 Å². The number of nitrogens with zero attached hydrogens (tertiary/aromatic N) is 1. The number of benzene rings is 1. The molecule has 6 nitrogen and oxygen atoms in total. The van der Waals surface area contributed by atoms with Crippen LogP contribution in [0.2, 0.25) is 0 Å². The summed E-state index contributed by atoms with van der Waals surface area (Å²) in [4.78, 5) is 15.4. The molecule has 0 aliphatic heterocycles. The van der Waals surface area contributed by atoms with Gasteiger partial charge >= 0.3 is 0 Å². The van der Waals surface area contributed by atoms with Gasteiger partial charge in [0, 0.05) is 18.0 Å². The van der Waals surface area contributed by atoms with Crippen LogP contribution >= 0.6 is 11.3 Å². The third-order valence-electron chi connectivity index (χ3n) is 3.63. The van der Waals surface area contributed by atoms with Crippen LogP contribution in [0.4, 0.5) is 0 Å². The summed E-state index contributed by atoms with van der Waals surface area (Å²) in [5.74, 6) is 1.64. The number of carbonyl (C=O) groups is 1. The minimum absolute atomic E-state index is 0.0344. The Morgan fingerprint density at radius 2 is 1.84 bits per heavy atom. The van der Waals surface area contributed by atoms with E-state index >= 15 is 0 Å². The summed E-state index contributed by atoms with van der Waals surface area (Å²) in [6.45, 7) is 1.49. The van der Waals surface area contributed by atoms with Gasteiger partial charge in [-0.25, -0.2) is 0 Å². The molecule has 136 valence electrons. The third kappa shape index (κ3) is 5.37. The van der Waals surface area contributed by atoms with E-state index in [0.29, 0.717) is 30.3 Å². The first-order valence-corrected chi connectivity index (χ1v) is 8.71. The predicted octanol–water partition coefficient (Wildman–Crippen LogP) is 2.52. The zero-order valence-electron chi connectivity index (χ0n) is 15.0. The average molecular weight is 364 g/mol. The highest BCUT2D eigenvalue weighted by Gasteiger charge is 2.14. The molecule has 0 spiro atoms. The molecule has 0 aliphatic rings. The second-order valence-electron chi connectivity index (χ2n) is 5.56. The molecule has 0 fully saturated rings. The summed E-state index contributed by atoms with van der Waals surface area (Å²) >= 11 is 1.69. The summed E-state index contributed by atoms with van der Waals surface area (Å²) < 4.78 is 15.9. The molecule has 1 aromatic heterocycles. The van der Waals surface area contributed by atoms with Crippen molar-refractivity contribution in [2.75, 3.05) is 34.9 Å². The number of likely N-dealkylation sites (N-methyl/N-ethyl adjacent to an activating group) is 1. The Bertz CT molecular complexity index is 663. The van der Waals surface area contributed by atoms with E-state index in [2.05, 4.69) is 11.4 Å². The molecule has 1 N–H and O–H groups in total. The fourth-order valence-electron chi connectivity index (χ4n) is 2.46. The minimum atomic E-state index is -0.0344.